The maximum absolute atomic E-state index is 12.1. The van der Waals surface area contributed by atoms with Crippen molar-refractivity contribution < 1.29 is 8.42 Å². The van der Waals surface area contributed by atoms with Gasteiger partial charge in [-0.2, -0.15) is 5.10 Å². The zero-order chi connectivity index (χ0) is 14.6. The standard InChI is InChI=1S/C14H19N3O2S/c1-12(2)17-14(8-10-15-17)16-20(18,19)11-9-13-6-4-3-5-7-13/h3-8,10,12,16H,9,11H2,1-2H3. The van der Waals surface area contributed by atoms with Gasteiger partial charge in [0.1, 0.15) is 5.82 Å². The van der Waals surface area contributed by atoms with Crippen LogP contribution >= 0.6 is 0 Å². The minimum Gasteiger partial charge on any atom is -0.268 e. The summed E-state index contributed by atoms with van der Waals surface area (Å²) in [6.07, 6.45) is 2.08. The van der Waals surface area contributed by atoms with Gasteiger partial charge in [-0.3, -0.25) is 4.72 Å². The molecule has 0 spiro atoms. The third-order valence-electron chi connectivity index (χ3n) is 2.92. The van der Waals surface area contributed by atoms with Crippen LogP contribution in [0.1, 0.15) is 25.5 Å². The molecule has 2 aromatic rings. The van der Waals surface area contributed by atoms with Crippen molar-refractivity contribution >= 4 is 15.8 Å². The lowest BCUT2D eigenvalue weighted by atomic mass is 10.2. The number of benzene rings is 1. The number of aromatic nitrogens is 2. The fourth-order valence-electron chi connectivity index (χ4n) is 1.91. The molecule has 1 N–H and O–H groups in total. The molecule has 0 saturated carbocycles. The Bertz CT molecular complexity index is 648. The van der Waals surface area contributed by atoms with Crippen molar-refractivity contribution in [1.82, 2.24) is 9.78 Å². The lowest BCUT2D eigenvalue weighted by Crippen LogP contribution is -2.21. The Kier molecular flexibility index (Phi) is 4.44. The highest BCUT2D eigenvalue weighted by Gasteiger charge is 2.14. The molecule has 0 saturated heterocycles. The second-order valence-electron chi connectivity index (χ2n) is 4.91. The quantitative estimate of drug-likeness (QED) is 0.889. The van der Waals surface area contributed by atoms with Crippen LogP contribution in [0.15, 0.2) is 42.6 Å². The number of nitrogens with zero attached hydrogens (tertiary/aromatic N) is 2. The van der Waals surface area contributed by atoms with Crippen LogP contribution in [0.25, 0.3) is 0 Å². The predicted molar refractivity (Wildman–Crippen MR) is 80.2 cm³/mol. The molecule has 0 atom stereocenters. The summed E-state index contributed by atoms with van der Waals surface area (Å²) in [5.41, 5.74) is 1.01. The first kappa shape index (κ1) is 14.6. The van der Waals surface area contributed by atoms with Crippen molar-refractivity contribution in [2.75, 3.05) is 10.5 Å². The smallest absolute Gasteiger partial charge is 0.234 e. The van der Waals surface area contributed by atoms with E-state index in [0.29, 0.717) is 12.2 Å². The van der Waals surface area contributed by atoms with Crippen LogP contribution in [0.4, 0.5) is 5.82 Å². The normalized spacial score (nSPS) is 11.8. The van der Waals surface area contributed by atoms with Gasteiger partial charge in [0.2, 0.25) is 10.0 Å². The Balaban J connectivity index is 2.02. The van der Waals surface area contributed by atoms with Gasteiger partial charge in [-0.1, -0.05) is 30.3 Å². The number of hydrogen-bond acceptors (Lipinski definition) is 3. The molecule has 1 aromatic heterocycles. The van der Waals surface area contributed by atoms with E-state index in [4.69, 9.17) is 0 Å². The predicted octanol–water partition coefficient (Wildman–Crippen LogP) is 2.45. The molecule has 0 amide bonds. The summed E-state index contributed by atoms with van der Waals surface area (Å²) < 4.78 is 28.4. The number of sulfonamides is 1. The largest absolute Gasteiger partial charge is 0.268 e. The van der Waals surface area contributed by atoms with E-state index in [1.807, 2.05) is 44.2 Å². The van der Waals surface area contributed by atoms with E-state index >= 15 is 0 Å². The van der Waals surface area contributed by atoms with Gasteiger partial charge in [0.25, 0.3) is 0 Å². The zero-order valence-corrected chi connectivity index (χ0v) is 12.5. The Morgan fingerprint density at radius 3 is 2.55 bits per heavy atom. The summed E-state index contributed by atoms with van der Waals surface area (Å²) in [5.74, 6) is 0.563. The van der Waals surface area contributed by atoms with Crippen molar-refractivity contribution in [2.24, 2.45) is 0 Å². The molecule has 6 heteroatoms. The number of hydrogen-bond donors (Lipinski definition) is 1. The SMILES string of the molecule is CC(C)n1nccc1NS(=O)(=O)CCc1ccccc1. The zero-order valence-electron chi connectivity index (χ0n) is 11.7. The Hall–Kier alpha value is -1.82. The molecule has 1 heterocycles. The third kappa shape index (κ3) is 3.84. The molecule has 5 nitrogen and oxygen atoms in total. The fraction of sp³-hybridized carbons (Fsp3) is 0.357. The minimum absolute atomic E-state index is 0.0558. The van der Waals surface area contributed by atoms with Gasteiger partial charge in [0.05, 0.1) is 11.9 Å². The maximum atomic E-state index is 12.1. The fourth-order valence-corrected chi connectivity index (χ4v) is 3.00. The van der Waals surface area contributed by atoms with Crippen LogP contribution in [0.2, 0.25) is 0 Å². The molecule has 0 aliphatic rings. The van der Waals surface area contributed by atoms with Crippen molar-refractivity contribution in [1.29, 1.82) is 0 Å². The summed E-state index contributed by atoms with van der Waals surface area (Å²) in [6, 6.07) is 11.3. The number of aryl methyl sites for hydroxylation is 1. The number of nitrogens with one attached hydrogen (secondary N) is 1. The number of rotatable bonds is 6. The van der Waals surface area contributed by atoms with E-state index in [0.717, 1.165) is 5.56 Å². The monoisotopic (exact) mass is 293 g/mol. The Morgan fingerprint density at radius 1 is 1.20 bits per heavy atom. The first-order valence-corrected chi connectivity index (χ1v) is 8.21. The second-order valence-corrected chi connectivity index (χ2v) is 6.75. The highest BCUT2D eigenvalue weighted by Crippen LogP contribution is 2.15. The third-order valence-corrected chi connectivity index (χ3v) is 4.18. The topological polar surface area (TPSA) is 64.0 Å². The van der Waals surface area contributed by atoms with Crippen molar-refractivity contribution in [3.63, 3.8) is 0 Å². The van der Waals surface area contributed by atoms with Gasteiger partial charge >= 0.3 is 0 Å². The lowest BCUT2D eigenvalue weighted by molar-refractivity contribution is 0.539. The van der Waals surface area contributed by atoms with Crippen LogP contribution in [0.5, 0.6) is 0 Å². The van der Waals surface area contributed by atoms with Gasteiger partial charge in [-0.25, -0.2) is 13.1 Å². The van der Waals surface area contributed by atoms with Gasteiger partial charge in [0, 0.05) is 12.1 Å². The van der Waals surface area contributed by atoms with Gasteiger partial charge < -0.3 is 0 Å². The van der Waals surface area contributed by atoms with Gasteiger partial charge in [0.15, 0.2) is 0 Å². The van der Waals surface area contributed by atoms with Crippen LogP contribution in [0, 0.1) is 0 Å². The molecule has 0 radical (unpaired) electrons. The van der Waals surface area contributed by atoms with Gasteiger partial charge in [-0.15, -0.1) is 0 Å². The van der Waals surface area contributed by atoms with Crippen molar-refractivity contribution in [3.8, 4) is 0 Å². The molecule has 0 aliphatic heterocycles. The summed E-state index contributed by atoms with van der Waals surface area (Å²) >= 11 is 0. The molecule has 1 aromatic carbocycles. The van der Waals surface area contributed by atoms with E-state index in [1.54, 1.807) is 16.9 Å². The summed E-state index contributed by atoms with van der Waals surface area (Å²) in [6.45, 7) is 3.91. The minimum atomic E-state index is -3.37. The van der Waals surface area contributed by atoms with E-state index in [9.17, 15) is 8.42 Å². The highest BCUT2D eigenvalue weighted by molar-refractivity contribution is 7.92. The van der Waals surface area contributed by atoms with E-state index in [-0.39, 0.29) is 11.8 Å². The maximum Gasteiger partial charge on any atom is 0.234 e. The average molecular weight is 293 g/mol. The summed E-state index contributed by atoms with van der Waals surface area (Å²) in [4.78, 5) is 0. The molecule has 2 rings (SSSR count). The molecule has 0 aliphatic carbocycles. The molecule has 0 unspecified atom stereocenters. The number of anilines is 1. The molecule has 108 valence electrons. The van der Waals surface area contributed by atoms with E-state index in [1.165, 1.54) is 0 Å². The molecular formula is C14H19N3O2S. The second kappa shape index (κ2) is 6.09. The van der Waals surface area contributed by atoms with Crippen LogP contribution in [-0.2, 0) is 16.4 Å². The highest BCUT2D eigenvalue weighted by atomic mass is 32.2. The molecule has 0 bridgehead atoms. The van der Waals surface area contributed by atoms with Crippen molar-refractivity contribution in [2.45, 2.75) is 26.3 Å². The molecule has 20 heavy (non-hydrogen) atoms. The molecule has 0 fully saturated rings. The van der Waals surface area contributed by atoms with Crippen molar-refractivity contribution in [3.05, 3.63) is 48.2 Å². The summed E-state index contributed by atoms with van der Waals surface area (Å²) in [7, 11) is -3.37. The summed E-state index contributed by atoms with van der Waals surface area (Å²) in [5, 5.41) is 4.11. The average Bonchev–Trinajstić information content (AvgIpc) is 2.85. The lowest BCUT2D eigenvalue weighted by Gasteiger charge is -2.13. The first-order valence-electron chi connectivity index (χ1n) is 6.56. The molecular weight excluding hydrogens is 274 g/mol. The van der Waals surface area contributed by atoms with Crippen LogP contribution in [-0.4, -0.2) is 24.0 Å². The van der Waals surface area contributed by atoms with E-state index < -0.39 is 10.0 Å². The first-order chi connectivity index (χ1) is 9.48. The van der Waals surface area contributed by atoms with Gasteiger partial charge in [-0.05, 0) is 25.8 Å². The Labute approximate surface area is 119 Å². The Morgan fingerprint density at radius 2 is 1.90 bits per heavy atom. The van der Waals surface area contributed by atoms with Crippen LogP contribution in [0.3, 0.4) is 0 Å². The van der Waals surface area contributed by atoms with E-state index in [2.05, 4.69) is 9.82 Å². The van der Waals surface area contributed by atoms with Crippen LogP contribution < -0.4 is 4.72 Å².